The van der Waals surface area contributed by atoms with E-state index in [1.165, 1.54) is 0 Å². The first-order valence-corrected chi connectivity index (χ1v) is 14.2. The molecule has 0 radical (unpaired) electrons. The quantitative estimate of drug-likeness (QED) is 0.283. The SMILES string of the molecule is Cc1nc(-c2cc(C)n(CCC(=O)N3CCOCC3Cc3cn(-c4cc(Cl)ccc4Br)nn3)c2C)cs1. The van der Waals surface area contributed by atoms with Gasteiger partial charge in [0.25, 0.3) is 0 Å². The van der Waals surface area contributed by atoms with Crippen LogP contribution < -0.4 is 0 Å². The van der Waals surface area contributed by atoms with E-state index in [2.05, 4.69) is 61.1 Å². The van der Waals surface area contributed by atoms with E-state index >= 15 is 0 Å². The van der Waals surface area contributed by atoms with Crippen molar-refractivity contribution < 1.29 is 9.53 Å². The number of nitrogens with zero attached hydrogens (tertiary/aromatic N) is 6. The molecular weight excluding hydrogens is 576 g/mol. The predicted molar refractivity (Wildman–Crippen MR) is 148 cm³/mol. The lowest BCUT2D eigenvalue weighted by atomic mass is 10.1. The summed E-state index contributed by atoms with van der Waals surface area (Å²) in [5, 5.41) is 12.4. The van der Waals surface area contributed by atoms with Crippen LogP contribution in [0.2, 0.25) is 5.02 Å². The fourth-order valence-electron chi connectivity index (χ4n) is 4.81. The van der Waals surface area contributed by atoms with Crippen LogP contribution in [0.3, 0.4) is 0 Å². The van der Waals surface area contributed by atoms with E-state index in [1.807, 2.05) is 36.2 Å². The molecule has 0 aliphatic carbocycles. The lowest BCUT2D eigenvalue weighted by molar-refractivity contribution is -0.140. The summed E-state index contributed by atoms with van der Waals surface area (Å²) in [6.07, 6.45) is 2.87. The Morgan fingerprint density at radius 1 is 1.27 bits per heavy atom. The first kappa shape index (κ1) is 26.1. The first-order valence-electron chi connectivity index (χ1n) is 12.1. The number of aromatic nitrogens is 5. The summed E-state index contributed by atoms with van der Waals surface area (Å²) >= 11 is 11.4. The summed E-state index contributed by atoms with van der Waals surface area (Å²) in [5.74, 6) is 0.122. The molecule has 37 heavy (non-hydrogen) atoms. The summed E-state index contributed by atoms with van der Waals surface area (Å²) in [7, 11) is 0. The minimum Gasteiger partial charge on any atom is -0.377 e. The molecule has 1 aliphatic heterocycles. The normalized spacial score (nSPS) is 15.9. The van der Waals surface area contributed by atoms with Gasteiger partial charge in [0, 0.05) is 57.8 Å². The molecule has 0 saturated carbocycles. The van der Waals surface area contributed by atoms with E-state index in [1.54, 1.807) is 16.0 Å². The molecule has 1 saturated heterocycles. The zero-order valence-corrected chi connectivity index (χ0v) is 24.1. The fourth-order valence-corrected chi connectivity index (χ4v) is 6.02. The predicted octanol–water partition coefficient (Wildman–Crippen LogP) is 5.39. The highest BCUT2D eigenvalue weighted by Gasteiger charge is 2.28. The number of halogens is 2. The van der Waals surface area contributed by atoms with Gasteiger partial charge in [0.15, 0.2) is 0 Å². The highest BCUT2D eigenvalue weighted by Crippen LogP contribution is 2.28. The van der Waals surface area contributed by atoms with Gasteiger partial charge in [-0.1, -0.05) is 16.8 Å². The van der Waals surface area contributed by atoms with Crippen LogP contribution in [0.5, 0.6) is 0 Å². The molecule has 8 nitrogen and oxygen atoms in total. The monoisotopic (exact) mass is 602 g/mol. The number of morpholine rings is 1. The second-order valence-corrected chi connectivity index (χ2v) is 11.6. The lowest BCUT2D eigenvalue weighted by Crippen LogP contribution is -2.50. The Labute approximate surface area is 233 Å². The Bertz CT molecular complexity index is 1430. The van der Waals surface area contributed by atoms with Crippen LogP contribution in [0.4, 0.5) is 0 Å². The maximum absolute atomic E-state index is 13.4. The van der Waals surface area contributed by atoms with Gasteiger partial charge in [-0.2, -0.15) is 0 Å². The molecule has 0 bridgehead atoms. The average Bonchev–Trinajstić information content (AvgIpc) is 3.59. The van der Waals surface area contributed by atoms with Gasteiger partial charge in [0.2, 0.25) is 5.91 Å². The first-order chi connectivity index (χ1) is 17.8. The van der Waals surface area contributed by atoms with Crippen LogP contribution in [-0.2, 0) is 22.5 Å². The molecule has 4 aromatic rings. The van der Waals surface area contributed by atoms with Crippen molar-refractivity contribution in [1.29, 1.82) is 0 Å². The van der Waals surface area contributed by atoms with Crippen molar-refractivity contribution in [3.63, 3.8) is 0 Å². The van der Waals surface area contributed by atoms with Gasteiger partial charge < -0.3 is 14.2 Å². The van der Waals surface area contributed by atoms with Gasteiger partial charge in [-0.15, -0.1) is 16.4 Å². The number of hydrogen-bond acceptors (Lipinski definition) is 6. The average molecular weight is 604 g/mol. The number of hydrogen-bond donors (Lipinski definition) is 0. The number of ether oxygens (including phenoxy) is 1. The maximum Gasteiger partial charge on any atom is 0.224 e. The molecule has 3 aromatic heterocycles. The van der Waals surface area contributed by atoms with Crippen LogP contribution in [-0.4, -0.2) is 61.2 Å². The number of thiazole rings is 1. The Kier molecular flexibility index (Phi) is 7.80. The smallest absolute Gasteiger partial charge is 0.224 e. The third kappa shape index (κ3) is 5.67. The zero-order valence-electron chi connectivity index (χ0n) is 20.9. The number of rotatable bonds is 7. The molecule has 1 unspecified atom stereocenters. The Morgan fingerprint density at radius 3 is 2.89 bits per heavy atom. The zero-order chi connectivity index (χ0) is 26.1. The van der Waals surface area contributed by atoms with Gasteiger partial charge >= 0.3 is 0 Å². The molecule has 1 atom stereocenters. The highest BCUT2D eigenvalue weighted by molar-refractivity contribution is 9.10. The van der Waals surface area contributed by atoms with Crippen molar-refractivity contribution in [3.05, 3.63) is 67.4 Å². The fraction of sp³-hybridized carbons (Fsp3) is 0.385. The van der Waals surface area contributed by atoms with E-state index in [4.69, 9.17) is 16.3 Å². The summed E-state index contributed by atoms with van der Waals surface area (Å²) < 4.78 is 10.5. The summed E-state index contributed by atoms with van der Waals surface area (Å²) in [5.41, 5.74) is 6.00. The highest BCUT2D eigenvalue weighted by atomic mass is 79.9. The minimum absolute atomic E-state index is 0.0883. The molecule has 1 aromatic carbocycles. The van der Waals surface area contributed by atoms with E-state index in [-0.39, 0.29) is 11.9 Å². The molecule has 1 aliphatic rings. The van der Waals surface area contributed by atoms with E-state index in [9.17, 15) is 4.79 Å². The van der Waals surface area contributed by atoms with Crippen LogP contribution in [0, 0.1) is 20.8 Å². The molecule has 11 heteroatoms. The standard InChI is InChI=1S/C26H28BrClN6O2S/c1-16-10-22(24-15-37-18(3)29-24)17(2)32(16)7-6-26(35)33-8-9-36-14-21(33)12-20-13-34(31-30-20)25-11-19(28)4-5-23(25)27/h4-5,10-11,13,15,21H,6-9,12,14H2,1-3H3. The van der Waals surface area contributed by atoms with Crippen molar-refractivity contribution in [3.8, 4) is 16.9 Å². The molecule has 0 spiro atoms. The van der Waals surface area contributed by atoms with E-state index in [0.29, 0.717) is 44.2 Å². The number of aryl methyl sites for hydroxylation is 2. The van der Waals surface area contributed by atoms with Crippen molar-refractivity contribution in [1.82, 2.24) is 29.4 Å². The molecule has 1 fully saturated rings. The minimum atomic E-state index is -0.0883. The van der Waals surface area contributed by atoms with Gasteiger partial charge in [-0.05, 0) is 61.0 Å². The third-order valence-electron chi connectivity index (χ3n) is 6.71. The van der Waals surface area contributed by atoms with Gasteiger partial charge in [-0.25, -0.2) is 9.67 Å². The second kappa shape index (κ2) is 11.1. The van der Waals surface area contributed by atoms with Crippen LogP contribution in [0.25, 0.3) is 16.9 Å². The lowest BCUT2D eigenvalue weighted by Gasteiger charge is -2.35. The molecular formula is C26H28BrClN6O2S. The summed E-state index contributed by atoms with van der Waals surface area (Å²) in [6.45, 7) is 8.42. The Morgan fingerprint density at radius 2 is 2.11 bits per heavy atom. The van der Waals surface area contributed by atoms with Gasteiger partial charge in [0.1, 0.15) is 0 Å². The Balaban J connectivity index is 1.26. The van der Waals surface area contributed by atoms with Crippen LogP contribution in [0.15, 0.2) is 40.3 Å². The van der Waals surface area contributed by atoms with Crippen molar-refractivity contribution in [2.45, 2.75) is 46.2 Å². The molecule has 4 heterocycles. The third-order valence-corrected chi connectivity index (χ3v) is 8.39. The van der Waals surface area contributed by atoms with Crippen LogP contribution >= 0.6 is 38.9 Å². The van der Waals surface area contributed by atoms with Crippen molar-refractivity contribution in [2.75, 3.05) is 19.8 Å². The molecule has 5 rings (SSSR count). The number of carbonyl (C=O) groups is 1. The number of carbonyl (C=O) groups excluding carboxylic acids is 1. The van der Waals surface area contributed by atoms with Crippen molar-refractivity contribution >= 4 is 44.8 Å². The van der Waals surface area contributed by atoms with Crippen LogP contribution in [0.1, 0.15) is 28.5 Å². The number of amides is 1. The summed E-state index contributed by atoms with van der Waals surface area (Å²) in [6, 6.07) is 7.59. The molecule has 194 valence electrons. The topological polar surface area (TPSA) is 78.1 Å². The number of benzene rings is 1. The summed E-state index contributed by atoms with van der Waals surface area (Å²) in [4.78, 5) is 19.9. The Hall–Kier alpha value is -2.53. The maximum atomic E-state index is 13.4. The van der Waals surface area contributed by atoms with Crippen molar-refractivity contribution in [2.24, 2.45) is 0 Å². The second-order valence-electron chi connectivity index (χ2n) is 9.21. The van der Waals surface area contributed by atoms with E-state index < -0.39 is 0 Å². The molecule has 0 N–H and O–H groups in total. The largest absolute Gasteiger partial charge is 0.377 e. The van der Waals surface area contributed by atoms with E-state index in [0.717, 1.165) is 43.5 Å². The van der Waals surface area contributed by atoms with Gasteiger partial charge in [-0.3, -0.25) is 4.79 Å². The van der Waals surface area contributed by atoms with Gasteiger partial charge in [0.05, 0.1) is 47.5 Å². The molecule has 1 amide bonds.